The minimum Gasteiger partial charge on any atom is -0.366 e. The number of sulfonamides is 1. The van der Waals surface area contributed by atoms with Gasteiger partial charge in [-0.15, -0.1) is 0 Å². The average Bonchev–Trinajstić information content (AvgIpc) is 2.46. The monoisotopic (exact) mass is 336 g/mol. The van der Waals surface area contributed by atoms with Gasteiger partial charge in [-0.1, -0.05) is 35.9 Å². The molecule has 0 aliphatic heterocycles. The van der Waals surface area contributed by atoms with Gasteiger partial charge in [0.05, 0.1) is 16.7 Å². The van der Waals surface area contributed by atoms with E-state index in [9.17, 15) is 13.2 Å². The van der Waals surface area contributed by atoms with Gasteiger partial charge in [-0.25, -0.2) is 8.42 Å². The number of halogens is 1. The van der Waals surface area contributed by atoms with Crippen molar-refractivity contribution in [3.05, 3.63) is 70.1 Å². The molecule has 2 aromatic carbocycles. The highest BCUT2D eigenvalue weighted by Crippen LogP contribution is 2.17. The van der Waals surface area contributed by atoms with Crippen molar-refractivity contribution in [2.45, 2.75) is 0 Å². The van der Waals surface area contributed by atoms with Crippen molar-refractivity contribution < 1.29 is 13.2 Å². The first-order chi connectivity index (χ1) is 10.4. The summed E-state index contributed by atoms with van der Waals surface area (Å²) >= 11 is 5.76. The van der Waals surface area contributed by atoms with Gasteiger partial charge in [0.2, 0.25) is 0 Å². The van der Waals surface area contributed by atoms with Gasteiger partial charge in [-0.05, 0) is 35.9 Å². The van der Waals surface area contributed by atoms with E-state index in [0.717, 1.165) is 5.41 Å². The lowest BCUT2D eigenvalue weighted by atomic mass is 10.2. The fourth-order valence-corrected chi connectivity index (χ4v) is 2.73. The van der Waals surface area contributed by atoms with Crippen molar-refractivity contribution in [2.24, 2.45) is 5.73 Å². The van der Waals surface area contributed by atoms with E-state index in [-0.39, 0.29) is 11.3 Å². The number of nitrogens with one attached hydrogen (secondary N) is 1. The van der Waals surface area contributed by atoms with Crippen molar-refractivity contribution in [2.75, 3.05) is 4.72 Å². The lowest BCUT2D eigenvalue weighted by Crippen LogP contribution is -2.16. The lowest BCUT2D eigenvalue weighted by Gasteiger charge is -2.08. The molecule has 0 heterocycles. The second-order valence-corrected chi connectivity index (χ2v) is 6.41. The van der Waals surface area contributed by atoms with E-state index in [0.29, 0.717) is 10.6 Å². The fourth-order valence-electron chi connectivity index (χ4n) is 1.72. The zero-order valence-electron chi connectivity index (χ0n) is 11.4. The van der Waals surface area contributed by atoms with Gasteiger partial charge >= 0.3 is 0 Å². The number of rotatable bonds is 5. The molecule has 7 heteroatoms. The van der Waals surface area contributed by atoms with Crippen LogP contribution in [0.5, 0.6) is 0 Å². The van der Waals surface area contributed by atoms with Gasteiger partial charge in [0, 0.05) is 5.02 Å². The molecule has 114 valence electrons. The highest BCUT2D eigenvalue weighted by atomic mass is 35.5. The number of carbonyl (C=O) groups excluding carboxylic acids is 1. The van der Waals surface area contributed by atoms with Crippen LogP contribution in [0.2, 0.25) is 5.02 Å². The number of nitrogens with two attached hydrogens (primary N) is 1. The Balaban J connectivity index is 2.21. The van der Waals surface area contributed by atoms with Crippen LogP contribution in [0.1, 0.15) is 15.9 Å². The Labute approximate surface area is 133 Å². The normalized spacial score (nSPS) is 11.5. The minimum atomic E-state index is -3.77. The SMILES string of the molecule is NC(=O)c1ccccc1NS(=O)(=O)/C=C/c1ccc(Cl)cc1. The molecule has 0 aliphatic carbocycles. The quantitative estimate of drug-likeness (QED) is 0.879. The van der Waals surface area contributed by atoms with Crippen LogP contribution in [0, 0.1) is 0 Å². The van der Waals surface area contributed by atoms with Crippen molar-refractivity contribution in [3.8, 4) is 0 Å². The first-order valence-corrected chi connectivity index (χ1v) is 8.15. The van der Waals surface area contributed by atoms with Crippen LogP contribution in [0.3, 0.4) is 0 Å². The first kappa shape index (κ1) is 16.1. The molecule has 0 atom stereocenters. The van der Waals surface area contributed by atoms with Gasteiger partial charge in [0.15, 0.2) is 0 Å². The Morgan fingerprint density at radius 1 is 1.09 bits per heavy atom. The fraction of sp³-hybridized carbons (Fsp3) is 0. The molecule has 0 saturated heterocycles. The largest absolute Gasteiger partial charge is 0.366 e. The summed E-state index contributed by atoms with van der Waals surface area (Å²) in [4.78, 5) is 11.3. The number of hydrogen-bond acceptors (Lipinski definition) is 3. The van der Waals surface area contributed by atoms with Crippen molar-refractivity contribution in [1.29, 1.82) is 0 Å². The van der Waals surface area contributed by atoms with E-state index in [2.05, 4.69) is 4.72 Å². The average molecular weight is 337 g/mol. The molecule has 0 bridgehead atoms. The van der Waals surface area contributed by atoms with Gasteiger partial charge in [0.25, 0.3) is 15.9 Å². The third kappa shape index (κ3) is 4.34. The number of primary amides is 1. The van der Waals surface area contributed by atoms with Crippen LogP contribution in [0.25, 0.3) is 6.08 Å². The smallest absolute Gasteiger partial charge is 0.255 e. The molecule has 3 N–H and O–H groups in total. The summed E-state index contributed by atoms with van der Waals surface area (Å²) in [6, 6.07) is 12.8. The third-order valence-corrected chi connectivity index (χ3v) is 4.01. The summed E-state index contributed by atoms with van der Waals surface area (Å²) in [5, 5.41) is 1.57. The molecule has 0 spiro atoms. The maximum atomic E-state index is 12.0. The Kier molecular flexibility index (Phi) is 4.85. The number of benzene rings is 2. The number of anilines is 1. The van der Waals surface area contributed by atoms with E-state index >= 15 is 0 Å². The van der Waals surface area contributed by atoms with Gasteiger partial charge in [-0.2, -0.15) is 0 Å². The zero-order chi connectivity index (χ0) is 16.2. The molecule has 0 unspecified atom stereocenters. The predicted octanol–water partition coefficient (Wildman–Crippen LogP) is 2.85. The van der Waals surface area contributed by atoms with Crippen molar-refractivity contribution in [1.82, 2.24) is 0 Å². The van der Waals surface area contributed by atoms with Gasteiger partial charge in [0.1, 0.15) is 0 Å². The van der Waals surface area contributed by atoms with E-state index < -0.39 is 15.9 Å². The molecule has 0 radical (unpaired) electrons. The number of carbonyl (C=O) groups is 1. The molecule has 2 aromatic rings. The molecule has 0 fully saturated rings. The summed E-state index contributed by atoms with van der Waals surface area (Å²) in [6.07, 6.45) is 1.42. The van der Waals surface area contributed by atoms with Crippen LogP contribution >= 0.6 is 11.6 Å². The Bertz CT molecular complexity index is 815. The summed E-state index contributed by atoms with van der Waals surface area (Å²) in [5.41, 5.74) is 6.12. The van der Waals surface area contributed by atoms with Crippen LogP contribution in [-0.2, 0) is 10.0 Å². The van der Waals surface area contributed by atoms with Crippen LogP contribution < -0.4 is 10.5 Å². The van der Waals surface area contributed by atoms with Crippen LogP contribution in [0.15, 0.2) is 53.9 Å². The molecule has 5 nitrogen and oxygen atoms in total. The second kappa shape index (κ2) is 6.64. The second-order valence-electron chi connectivity index (χ2n) is 4.41. The summed E-state index contributed by atoms with van der Waals surface area (Å²) < 4.78 is 26.4. The lowest BCUT2D eigenvalue weighted by molar-refractivity contribution is 0.100. The molecule has 2 rings (SSSR count). The molecule has 22 heavy (non-hydrogen) atoms. The standard InChI is InChI=1S/C15H13ClN2O3S/c16-12-7-5-11(6-8-12)9-10-22(20,21)18-14-4-2-1-3-13(14)15(17)19/h1-10,18H,(H2,17,19)/b10-9+. The first-order valence-electron chi connectivity index (χ1n) is 6.23. The molecule has 0 aliphatic rings. The molecule has 0 saturated carbocycles. The predicted molar refractivity (Wildman–Crippen MR) is 88.0 cm³/mol. The van der Waals surface area contributed by atoms with Crippen molar-refractivity contribution >= 4 is 39.3 Å². The summed E-state index contributed by atoms with van der Waals surface area (Å²) in [7, 11) is -3.77. The van der Waals surface area contributed by atoms with Gasteiger partial charge < -0.3 is 5.73 Å². The van der Waals surface area contributed by atoms with Crippen molar-refractivity contribution in [3.63, 3.8) is 0 Å². The number of amides is 1. The molecule has 0 aromatic heterocycles. The maximum absolute atomic E-state index is 12.0. The van der Waals surface area contributed by atoms with E-state index in [1.807, 2.05) is 0 Å². The Morgan fingerprint density at radius 3 is 2.36 bits per heavy atom. The maximum Gasteiger partial charge on any atom is 0.255 e. The topological polar surface area (TPSA) is 89.3 Å². The van der Waals surface area contributed by atoms with E-state index in [4.69, 9.17) is 17.3 Å². The summed E-state index contributed by atoms with van der Waals surface area (Å²) in [5.74, 6) is -0.708. The Morgan fingerprint density at radius 2 is 1.73 bits per heavy atom. The third-order valence-electron chi connectivity index (χ3n) is 2.75. The molecule has 1 amide bonds. The van der Waals surface area contributed by atoms with Gasteiger partial charge in [-0.3, -0.25) is 9.52 Å². The van der Waals surface area contributed by atoms with E-state index in [1.165, 1.54) is 18.2 Å². The number of para-hydroxylation sites is 1. The highest BCUT2D eigenvalue weighted by molar-refractivity contribution is 7.95. The molecular formula is C15H13ClN2O3S. The zero-order valence-corrected chi connectivity index (χ0v) is 12.9. The Hall–Kier alpha value is -2.31. The minimum absolute atomic E-state index is 0.103. The van der Waals surface area contributed by atoms with Crippen LogP contribution in [0.4, 0.5) is 5.69 Å². The van der Waals surface area contributed by atoms with Crippen LogP contribution in [-0.4, -0.2) is 14.3 Å². The highest BCUT2D eigenvalue weighted by Gasteiger charge is 2.12. The molecular weight excluding hydrogens is 324 g/mol. The number of hydrogen-bond donors (Lipinski definition) is 2. The summed E-state index contributed by atoms with van der Waals surface area (Å²) in [6.45, 7) is 0. The van der Waals surface area contributed by atoms with E-state index in [1.54, 1.807) is 36.4 Å².